The highest BCUT2D eigenvalue weighted by Crippen LogP contribution is 2.05. The molecule has 0 atom stereocenters. The first-order chi connectivity index (χ1) is 5.21. The van der Waals surface area contributed by atoms with Gasteiger partial charge < -0.3 is 0 Å². The van der Waals surface area contributed by atoms with Crippen LogP contribution in [0.3, 0.4) is 0 Å². The van der Waals surface area contributed by atoms with Gasteiger partial charge in [0.15, 0.2) is 0 Å². The molecule has 74 valence electrons. The summed E-state index contributed by atoms with van der Waals surface area (Å²) in [5.74, 6) is 0. The van der Waals surface area contributed by atoms with E-state index in [0.29, 0.717) is 0 Å². The zero-order valence-corrected chi connectivity index (χ0v) is 6.61. The Hall–Kier alpha value is -0.340. The summed E-state index contributed by atoms with van der Waals surface area (Å²) in [5.41, 5.74) is 0. The van der Waals surface area contributed by atoms with Gasteiger partial charge in [-0.2, -0.15) is 16.8 Å². The van der Waals surface area contributed by atoms with Crippen molar-refractivity contribution in [3.05, 3.63) is 0 Å². The first-order valence-corrected chi connectivity index (χ1v) is 4.60. The molecule has 0 amide bonds. The summed E-state index contributed by atoms with van der Waals surface area (Å²) in [6, 6.07) is 0. The van der Waals surface area contributed by atoms with Gasteiger partial charge in [0.25, 0.3) is 0 Å². The van der Waals surface area contributed by atoms with Crippen LogP contribution in [0.2, 0.25) is 0 Å². The van der Waals surface area contributed by atoms with Crippen molar-refractivity contribution in [2.75, 3.05) is 0 Å². The fourth-order valence-electron chi connectivity index (χ4n) is 0.102. The molecule has 0 aliphatic carbocycles. The molecule has 2 N–H and O–H groups in total. The second kappa shape index (κ2) is 4.06. The van der Waals surface area contributed by atoms with E-state index in [-0.39, 0.29) is 0 Å². The normalized spacial score (nSPS) is 21.2. The molecular formula is H2O10S2. The fourth-order valence-corrected chi connectivity index (χ4v) is 0.306. The van der Waals surface area contributed by atoms with Gasteiger partial charge in [-0.25, -0.2) is 0 Å². The van der Waals surface area contributed by atoms with Gasteiger partial charge in [0.05, 0.1) is 0 Å². The average Bonchev–Trinajstić information content (AvgIpc) is 2.08. The molecule has 0 spiro atoms. The molecule has 1 aliphatic rings. The summed E-state index contributed by atoms with van der Waals surface area (Å²) < 4.78 is 57.8. The molecule has 1 fully saturated rings. The molecule has 12 heteroatoms. The Balaban J connectivity index is 0.000000217. The minimum Gasteiger partial charge on any atom is -0.264 e. The second-order valence-corrected chi connectivity index (χ2v) is 3.11. The van der Waals surface area contributed by atoms with Crippen LogP contribution in [0, 0.1) is 0 Å². The first kappa shape index (κ1) is 11.7. The Bertz CT molecular complexity index is 282. The predicted octanol–water partition coefficient (Wildman–Crippen LogP) is -1.60. The van der Waals surface area contributed by atoms with Gasteiger partial charge >= 0.3 is 20.8 Å². The lowest BCUT2D eigenvalue weighted by Gasteiger charge is -1.72. The third-order valence-corrected chi connectivity index (χ3v) is 0.694. The summed E-state index contributed by atoms with van der Waals surface area (Å²) >= 11 is 0. The Morgan fingerprint density at radius 2 is 1.25 bits per heavy atom. The van der Waals surface area contributed by atoms with Gasteiger partial charge in [0, 0.05) is 0 Å². The maximum atomic E-state index is 9.74. The second-order valence-electron chi connectivity index (χ2n) is 1.13. The van der Waals surface area contributed by atoms with Crippen molar-refractivity contribution >= 4 is 20.8 Å². The maximum absolute atomic E-state index is 9.74. The van der Waals surface area contributed by atoms with Gasteiger partial charge in [-0.05, 0) is 18.7 Å². The molecule has 0 saturated carbocycles. The smallest absolute Gasteiger partial charge is 0.264 e. The van der Waals surface area contributed by atoms with Crippen LogP contribution in [-0.4, -0.2) is 25.9 Å². The van der Waals surface area contributed by atoms with Crippen LogP contribution < -0.4 is 0 Å². The predicted molar refractivity (Wildman–Crippen MR) is 27.4 cm³/mol. The van der Waals surface area contributed by atoms with E-state index in [1.807, 2.05) is 0 Å². The van der Waals surface area contributed by atoms with Crippen molar-refractivity contribution in [2.24, 2.45) is 0 Å². The van der Waals surface area contributed by atoms with E-state index in [1.165, 1.54) is 0 Å². The molecule has 0 aromatic rings. The van der Waals surface area contributed by atoms with E-state index >= 15 is 0 Å². The van der Waals surface area contributed by atoms with Crippen molar-refractivity contribution in [3.63, 3.8) is 0 Å². The van der Waals surface area contributed by atoms with Crippen LogP contribution in [0.1, 0.15) is 0 Å². The molecule has 0 aromatic carbocycles. The minimum atomic E-state index is -4.67. The Morgan fingerprint density at radius 3 is 1.33 bits per heavy atom. The highest BCUT2D eigenvalue weighted by molar-refractivity contribution is 7.81. The molecular weight excluding hydrogens is 224 g/mol. The molecule has 0 bridgehead atoms. The van der Waals surface area contributed by atoms with Crippen LogP contribution >= 0.6 is 0 Å². The Labute approximate surface area is 66.3 Å². The van der Waals surface area contributed by atoms with E-state index in [2.05, 4.69) is 18.7 Å². The van der Waals surface area contributed by atoms with Crippen LogP contribution in [0.5, 0.6) is 0 Å². The maximum Gasteiger partial charge on any atom is 0.457 e. The Kier molecular flexibility index (Phi) is 3.94. The SMILES string of the molecule is O=S(=O)(O)O.O=S1(=O)OOOO1. The van der Waals surface area contributed by atoms with Crippen molar-refractivity contribution in [3.8, 4) is 0 Å². The summed E-state index contributed by atoms with van der Waals surface area (Å²) in [6.07, 6.45) is 0. The van der Waals surface area contributed by atoms with Crippen LogP contribution in [0.15, 0.2) is 0 Å². The molecule has 0 radical (unpaired) electrons. The average molecular weight is 226 g/mol. The van der Waals surface area contributed by atoms with Gasteiger partial charge in [0.2, 0.25) is 0 Å². The van der Waals surface area contributed by atoms with Gasteiger partial charge in [-0.15, -0.1) is 0 Å². The molecule has 12 heavy (non-hydrogen) atoms. The van der Waals surface area contributed by atoms with E-state index < -0.39 is 20.8 Å². The number of hydrogen-bond acceptors (Lipinski definition) is 8. The monoisotopic (exact) mass is 226 g/mol. The zero-order chi connectivity index (χ0) is 9.83. The highest BCUT2D eigenvalue weighted by atomic mass is 32.3. The molecule has 0 unspecified atom stereocenters. The molecule has 10 nitrogen and oxygen atoms in total. The number of rotatable bonds is 0. The third-order valence-electron chi connectivity index (χ3n) is 0.250. The van der Waals surface area contributed by atoms with Gasteiger partial charge in [-0.1, -0.05) is 0 Å². The fraction of sp³-hybridized carbons (Fsp3) is 0. The summed E-state index contributed by atoms with van der Waals surface area (Å²) in [7, 11) is -8.66. The van der Waals surface area contributed by atoms with Gasteiger partial charge in [0.1, 0.15) is 0 Å². The largest absolute Gasteiger partial charge is 0.457 e. The summed E-state index contributed by atoms with van der Waals surface area (Å²) in [5, 5.41) is 6.70. The minimum absolute atomic E-state index is 3.35. The van der Waals surface area contributed by atoms with E-state index in [1.54, 1.807) is 0 Å². The van der Waals surface area contributed by atoms with Crippen molar-refractivity contribution < 1.29 is 44.7 Å². The third kappa shape index (κ3) is 9.66. The van der Waals surface area contributed by atoms with Crippen LogP contribution in [0.4, 0.5) is 0 Å². The van der Waals surface area contributed by atoms with Crippen LogP contribution in [-0.2, 0) is 39.5 Å². The van der Waals surface area contributed by atoms with E-state index in [9.17, 15) is 8.42 Å². The van der Waals surface area contributed by atoms with Crippen molar-refractivity contribution in [1.29, 1.82) is 0 Å². The van der Waals surface area contributed by atoms with Gasteiger partial charge in [-0.3, -0.25) is 9.11 Å². The molecule has 1 heterocycles. The van der Waals surface area contributed by atoms with Crippen molar-refractivity contribution in [1.82, 2.24) is 0 Å². The topological polar surface area (TPSA) is 146 Å². The molecule has 0 aromatic heterocycles. The molecule has 1 saturated heterocycles. The lowest BCUT2D eigenvalue weighted by Crippen LogP contribution is -1.94. The highest BCUT2D eigenvalue weighted by Gasteiger charge is 2.23. The lowest BCUT2D eigenvalue weighted by atomic mass is 14.4. The molecule has 1 aliphatic heterocycles. The van der Waals surface area contributed by atoms with E-state index in [4.69, 9.17) is 17.5 Å². The summed E-state index contributed by atoms with van der Waals surface area (Å²) in [4.78, 5) is 0. The lowest BCUT2D eigenvalue weighted by molar-refractivity contribution is -0.532. The standard InChI is InChI=1S/O6S.H2O4S/c1-7(2)5-3-4-6-7;1-5(2,3)4/h;(H2,1,2,3,4). The van der Waals surface area contributed by atoms with E-state index in [0.717, 1.165) is 0 Å². The quantitative estimate of drug-likeness (QED) is 0.365. The first-order valence-electron chi connectivity index (χ1n) is 1.87. The van der Waals surface area contributed by atoms with Crippen LogP contribution in [0.25, 0.3) is 0 Å². The Morgan fingerprint density at radius 1 is 1.00 bits per heavy atom. The summed E-state index contributed by atoms with van der Waals surface area (Å²) in [6.45, 7) is 0. The zero-order valence-electron chi connectivity index (χ0n) is 4.98. The van der Waals surface area contributed by atoms with Crippen molar-refractivity contribution in [2.45, 2.75) is 0 Å². The molecule has 1 rings (SSSR count). The number of hydrogen-bond donors (Lipinski definition) is 2.